The number of amides is 1. The molecule has 1 atom stereocenters. The molecule has 1 heterocycles. The summed E-state index contributed by atoms with van der Waals surface area (Å²) in [4.78, 5) is 22.9. The van der Waals surface area contributed by atoms with E-state index in [4.69, 9.17) is 5.11 Å². The third-order valence-corrected chi connectivity index (χ3v) is 4.41. The summed E-state index contributed by atoms with van der Waals surface area (Å²) in [5, 5.41) is 8.96. The van der Waals surface area contributed by atoms with Gasteiger partial charge < -0.3 is 10.0 Å². The summed E-state index contributed by atoms with van der Waals surface area (Å²) >= 11 is 0. The molecule has 1 saturated carbocycles. The molecule has 19 heavy (non-hydrogen) atoms. The number of carboxylic acids is 1. The van der Waals surface area contributed by atoms with Crippen LogP contribution in [0.25, 0.3) is 0 Å². The van der Waals surface area contributed by atoms with Crippen molar-refractivity contribution in [3.8, 4) is 0 Å². The molecule has 7 heteroatoms. The summed E-state index contributed by atoms with van der Waals surface area (Å²) in [6, 6.07) is 0. The summed E-state index contributed by atoms with van der Waals surface area (Å²) in [5.74, 6) is -2.99. The van der Waals surface area contributed by atoms with E-state index in [0.717, 1.165) is 11.3 Å². The maximum Gasteiger partial charge on any atom is 0.471 e. The number of alkyl halides is 3. The van der Waals surface area contributed by atoms with E-state index in [9.17, 15) is 22.8 Å². The monoisotopic (exact) mass is 279 g/mol. The van der Waals surface area contributed by atoms with Crippen molar-refractivity contribution in [2.75, 3.05) is 13.1 Å². The van der Waals surface area contributed by atoms with Crippen molar-refractivity contribution in [3.05, 3.63) is 0 Å². The maximum absolute atomic E-state index is 12.3. The van der Waals surface area contributed by atoms with Crippen molar-refractivity contribution >= 4 is 11.9 Å². The number of halogens is 3. The third kappa shape index (κ3) is 2.84. The molecule has 1 spiro atoms. The van der Waals surface area contributed by atoms with E-state index in [1.807, 2.05) is 0 Å². The zero-order chi connectivity index (χ0) is 14.3. The van der Waals surface area contributed by atoms with Crippen LogP contribution in [-0.4, -0.2) is 41.1 Å². The van der Waals surface area contributed by atoms with Crippen LogP contribution >= 0.6 is 0 Å². The Labute approximate surface area is 108 Å². The van der Waals surface area contributed by atoms with Crippen LogP contribution in [-0.2, 0) is 9.59 Å². The summed E-state index contributed by atoms with van der Waals surface area (Å²) in [6.45, 7) is 0.148. The molecule has 0 aromatic carbocycles. The van der Waals surface area contributed by atoms with Gasteiger partial charge in [-0.2, -0.15) is 13.2 Å². The molecule has 1 saturated heterocycles. The zero-order valence-electron chi connectivity index (χ0n) is 10.4. The van der Waals surface area contributed by atoms with Gasteiger partial charge in [0.25, 0.3) is 0 Å². The molecule has 1 aliphatic carbocycles. The van der Waals surface area contributed by atoms with E-state index < -0.39 is 18.1 Å². The summed E-state index contributed by atoms with van der Waals surface area (Å²) in [7, 11) is 0. The lowest BCUT2D eigenvalue weighted by atomic mass is 9.76. The minimum atomic E-state index is -4.82. The lowest BCUT2D eigenvalue weighted by Gasteiger charge is -2.39. The number of aliphatic carboxylic acids is 1. The standard InChI is InChI=1S/C12H16F3NO3/c13-12(14,15)10(19)16-5-3-11(4-6-16)2-1-8(7-11)9(17)18/h8H,1-7H2,(H,17,18). The SMILES string of the molecule is O=C(O)C1CCC2(CCN(C(=O)C(F)(F)F)CC2)C1. The molecule has 2 aliphatic rings. The average Bonchev–Trinajstić information content (AvgIpc) is 2.73. The summed E-state index contributed by atoms with van der Waals surface area (Å²) in [5.41, 5.74) is -0.175. The van der Waals surface area contributed by atoms with Gasteiger partial charge in [0.05, 0.1) is 5.92 Å². The van der Waals surface area contributed by atoms with Crippen molar-refractivity contribution in [1.82, 2.24) is 4.90 Å². The number of carbonyl (C=O) groups excluding carboxylic acids is 1. The summed E-state index contributed by atoms with van der Waals surface area (Å²) < 4.78 is 36.9. The first-order chi connectivity index (χ1) is 8.73. The Hall–Kier alpha value is -1.27. The van der Waals surface area contributed by atoms with Crippen molar-refractivity contribution in [1.29, 1.82) is 0 Å². The molecule has 4 nitrogen and oxygen atoms in total. The lowest BCUT2D eigenvalue weighted by molar-refractivity contribution is -0.187. The molecule has 0 bridgehead atoms. The molecule has 0 aromatic heterocycles. The smallest absolute Gasteiger partial charge is 0.471 e. The Morgan fingerprint density at radius 1 is 1.16 bits per heavy atom. The molecule has 1 N–H and O–H groups in total. The average molecular weight is 279 g/mol. The van der Waals surface area contributed by atoms with Gasteiger partial charge in [0, 0.05) is 13.1 Å². The Bertz CT molecular complexity index is 386. The lowest BCUT2D eigenvalue weighted by Crippen LogP contribution is -2.47. The molecule has 1 aliphatic heterocycles. The number of piperidine rings is 1. The van der Waals surface area contributed by atoms with Crippen LogP contribution < -0.4 is 0 Å². The summed E-state index contributed by atoms with van der Waals surface area (Å²) in [6.07, 6.45) is -2.03. The predicted molar refractivity (Wildman–Crippen MR) is 59.3 cm³/mol. The minimum Gasteiger partial charge on any atom is -0.481 e. The predicted octanol–water partition coefficient (Wildman–Crippen LogP) is 2.04. The highest BCUT2D eigenvalue weighted by Crippen LogP contribution is 2.49. The number of carboxylic acid groups (broad SMARTS) is 1. The van der Waals surface area contributed by atoms with E-state index >= 15 is 0 Å². The molecule has 0 aromatic rings. The number of rotatable bonds is 1. The van der Waals surface area contributed by atoms with Gasteiger partial charge in [0.1, 0.15) is 0 Å². The van der Waals surface area contributed by atoms with E-state index in [1.54, 1.807) is 0 Å². The largest absolute Gasteiger partial charge is 0.481 e. The second kappa shape index (κ2) is 4.68. The van der Waals surface area contributed by atoms with Gasteiger partial charge in [-0.1, -0.05) is 0 Å². The number of hydrogen-bond donors (Lipinski definition) is 1. The molecule has 2 fully saturated rings. The Kier molecular flexibility index (Phi) is 3.49. The van der Waals surface area contributed by atoms with Crippen LogP contribution in [0.5, 0.6) is 0 Å². The highest BCUT2D eigenvalue weighted by molar-refractivity contribution is 5.82. The van der Waals surface area contributed by atoms with Crippen molar-refractivity contribution in [2.24, 2.45) is 11.3 Å². The second-order valence-electron chi connectivity index (χ2n) is 5.57. The van der Waals surface area contributed by atoms with Gasteiger partial charge in [0.15, 0.2) is 0 Å². The Morgan fingerprint density at radius 3 is 2.16 bits per heavy atom. The fraction of sp³-hybridized carbons (Fsp3) is 0.833. The molecule has 1 amide bonds. The topological polar surface area (TPSA) is 57.6 Å². The quantitative estimate of drug-likeness (QED) is 0.799. The molecule has 108 valence electrons. The van der Waals surface area contributed by atoms with Crippen molar-refractivity contribution in [2.45, 2.75) is 38.3 Å². The number of carbonyl (C=O) groups is 2. The molecule has 0 radical (unpaired) electrons. The van der Waals surface area contributed by atoms with E-state index in [0.29, 0.717) is 25.7 Å². The van der Waals surface area contributed by atoms with Gasteiger partial charge in [-0.3, -0.25) is 9.59 Å². The van der Waals surface area contributed by atoms with Crippen molar-refractivity contribution in [3.63, 3.8) is 0 Å². The van der Waals surface area contributed by atoms with Crippen LogP contribution in [0, 0.1) is 11.3 Å². The Morgan fingerprint density at radius 2 is 1.74 bits per heavy atom. The highest BCUT2D eigenvalue weighted by Gasteiger charge is 2.48. The van der Waals surface area contributed by atoms with Gasteiger partial charge in [0.2, 0.25) is 0 Å². The van der Waals surface area contributed by atoms with E-state index in [1.165, 1.54) is 0 Å². The number of likely N-dealkylation sites (tertiary alicyclic amines) is 1. The zero-order valence-corrected chi connectivity index (χ0v) is 10.4. The minimum absolute atomic E-state index is 0.0741. The third-order valence-electron chi connectivity index (χ3n) is 4.41. The molecule has 1 unspecified atom stereocenters. The molecular weight excluding hydrogens is 263 g/mol. The maximum atomic E-state index is 12.3. The van der Waals surface area contributed by atoms with Crippen LogP contribution in [0.1, 0.15) is 32.1 Å². The number of nitrogens with zero attached hydrogens (tertiary/aromatic N) is 1. The van der Waals surface area contributed by atoms with Crippen LogP contribution in [0.4, 0.5) is 13.2 Å². The molecular formula is C12H16F3NO3. The van der Waals surface area contributed by atoms with Gasteiger partial charge >= 0.3 is 18.1 Å². The normalized spacial score (nSPS) is 26.7. The van der Waals surface area contributed by atoms with Gasteiger partial charge in [-0.05, 0) is 37.5 Å². The van der Waals surface area contributed by atoms with Gasteiger partial charge in [-0.15, -0.1) is 0 Å². The highest BCUT2D eigenvalue weighted by atomic mass is 19.4. The van der Waals surface area contributed by atoms with Crippen molar-refractivity contribution < 1.29 is 27.9 Å². The first-order valence-electron chi connectivity index (χ1n) is 6.32. The fourth-order valence-electron chi connectivity index (χ4n) is 3.24. The number of hydrogen-bond acceptors (Lipinski definition) is 2. The second-order valence-corrected chi connectivity index (χ2v) is 5.57. The Balaban J connectivity index is 1.93. The van der Waals surface area contributed by atoms with E-state index in [2.05, 4.69) is 0 Å². The van der Waals surface area contributed by atoms with E-state index in [-0.39, 0.29) is 24.4 Å². The fourth-order valence-corrected chi connectivity index (χ4v) is 3.24. The first kappa shape index (κ1) is 14.1. The van der Waals surface area contributed by atoms with Crippen LogP contribution in [0.15, 0.2) is 0 Å². The molecule has 2 rings (SSSR count). The first-order valence-corrected chi connectivity index (χ1v) is 6.32. The van der Waals surface area contributed by atoms with Crippen LogP contribution in [0.2, 0.25) is 0 Å². The van der Waals surface area contributed by atoms with Gasteiger partial charge in [-0.25, -0.2) is 0 Å². The van der Waals surface area contributed by atoms with Crippen LogP contribution in [0.3, 0.4) is 0 Å².